The summed E-state index contributed by atoms with van der Waals surface area (Å²) in [7, 11) is 0. The van der Waals surface area contributed by atoms with Crippen molar-refractivity contribution in [3.63, 3.8) is 0 Å². The molecule has 0 radical (unpaired) electrons. The first-order valence-corrected chi connectivity index (χ1v) is 9.14. The summed E-state index contributed by atoms with van der Waals surface area (Å²) in [4.78, 5) is 4.77. The van der Waals surface area contributed by atoms with Crippen molar-refractivity contribution < 1.29 is 4.74 Å². The molecule has 5 aromatic rings. The van der Waals surface area contributed by atoms with Crippen LogP contribution in [0.15, 0.2) is 91.0 Å². The van der Waals surface area contributed by atoms with E-state index in [0.717, 1.165) is 39.7 Å². The molecule has 0 atom stereocenters. The third-order valence-electron chi connectivity index (χ3n) is 4.62. The van der Waals surface area contributed by atoms with Gasteiger partial charge in [-0.2, -0.15) is 5.10 Å². The molecule has 0 unspecified atom stereocenters. The van der Waals surface area contributed by atoms with E-state index in [4.69, 9.17) is 9.72 Å². The van der Waals surface area contributed by atoms with Gasteiger partial charge in [-0.05, 0) is 29.8 Å². The molecule has 0 saturated carbocycles. The topological polar surface area (TPSA) is 55.7 Å². The zero-order valence-corrected chi connectivity index (χ0v) is 15.1. The number of nitrogens with one attached hydrogen (secondary N) is 1. The Balaban J connectivity index is 1.55. The minimum atomic E-state index is 0.353. The van der Waals surface area contributed by atoms with Gasteiger partial charge < -0.3 is 4.74 Å². The highest BCUT2D eigenvalue weighted by atomic mass is 16.5. The third-order valence-corrected chi connectivity index (χ3v) is 4.62. The standard InChI is InChI=1S/C23H18N4O/c1-3-9-17(10-4-1)20-15-22(26-25-20)27-21-14-8-7-13-19(21)24-23(27)16-28-18-11-5-2-6-12-18/h1-15H,16H2,(H,25,26). The normalized spacial score (nSPS) is 11.0. The SMILES string of the molecule is c1ccc(OCc2nc3ccccc3n2-c2cc(-c3ccccc3)[nH]n2)cc1. The molecular weight excluding hydrogens is 348 g/mol. The Morgan fingerprint density at radius 3 is 2.36 bits per heavy atom. The van der Waals surface area contributed by atoms with Crippen LogP contribution in [0.5, 0.6) is 5.75 Å². The fourth-order valence-corrected chi connectivity index (χ4v) is 3.28. The Kier molecular flexibility index (Phi) is 4.10. The van der Waals surface area contributed by atoms with Gasteiger partial charge in [-0.25, -0.2) is 4.98 Å². The quantitative estimate of drug-likeness (QED) is 0.476. The Labute approximate surface area is 162 Å². The second-order valence-electron chi connectivity index (χ2n) is 6.46. The number of nitrogens with zero attached hydrogens (tertiary/aromatic N) is 3. The van der Waals surface area contributed by atoms with Gasteiger partial charge in [-0.15, -0.1) is 0 Å². The van der Waals surface area contributed by atoms with Crippen molar-refractivity contribution in [3.05, 3.63) is 96.8 Å². The van der Waals surface area contributed by atoms with E-state index in [0.29, 0.717) is 6.61 Å². The molecule has 3 aromatic carbocycles. The summed E-state index contributed by atoms with van der Waals surface area (Å²) >= 11 is 0. The van der Waals surface area contributed by atoms with Crippen LogP contribution in [-0.4, -0.2) is 19.7 Å². The van der Waals surface area contributed by atoms with Crippen LogP contribution in [0.1, 0.15) is 5.82 Å². The van der Waals surface area contributed by atoms with E-state index in [1.807, 2.05) is 83.4 Å². The molecule has 5 heteroatoms. The average Bonchev–Trinajstić information content (AvgIpc) is 3.38. The first kappa shape index (κ1) is 16.3. The van der Waals surface area contributed by atoms with Gasteiger partial charge >= 0.3 is 0 Å². The number of hydrogen-bond acceptors (Lipinski definition) is 3. The van der Waals surface area contributed by atoms with E-state index in [-0.39, 0.29) is 0 Å². The van der Waals surface area contributed by atoms with Gasteiger partial charge in [0.15, 0.2) is 11.6 Å². The van der Waals surface area contributed by atoms with Crippen molar-refractivity contribution in [2.75, 3.05) is 0 Å². The van der Waals surface area contributed by atoms with Gasteiger partial charge in [0.1, 0.15) is 12.4 Å². The zero-order chi connectivity index (χ0) is 18.8. The van der Waals surface area contributed by atoms with E-state index in [2.05, 4.69) is 22.3 Å². The van der Waals surface area contributed by atoms with Gasteiger partial charge in [-0.3, -0.25) is 9.67 Å². The Morgan fingerprint density at radius 1 is 0.821 bits per heavy atom. The van der Waals surface area contributed by atoms with E-state index in [1.54, 1.807) is 0 Å². The summed E-state index contributed by atoms with van der Waals surface area (Å²) in [6, 6.07) is 30.0. The lowest BCUT2D eigenvalue weighted by atomic mass is 10.1. The van der Waals surface area contributed by atoms with Crippen molar-refractivity contribution in [1.29, 1.82) is 0 Å². The molecule has 28 heavy (non-hydrogen) atoms. The monoisotopic (exact) mass is 366 g/mol. The van der Waals surface area contributed by atoms with Crippen LogP contribution in [-0.2, 0) is 6.61 Å². The third kappa shape index (κ3) is 3.03. The molecule has 0 aliphatic carbocycles. The highest BCUT2D eigenvalue weighted by Crippen LogP contribution is 2.25. The molecule has 5 rings (SSSR count). The van der Waals surface area contributed by atoms with Crippen molar-refractivity contribution in [3.8, 4) is 22.8 Å². The number of rotatable bonds is 5. The second kappa shape index (κ2) is 7.04. The number of hydrogen-bond donors (Lipinski definition) is 1. The lowest BCUT2D eigenvalue weighted by Crippen LogP contribution is -2.06. The van der Waals surface area contributed by atoms with Crippen LogP contribution in [0, 0.1) is 0 Å². The number of benzene rings is 3. The van der Waals surface area contributed by atoms with Gasteiger partial charge in [0.2, 0.25) is 0 Å². The van der Waals surface area contributed by atoms with Gasteiger partial charge in [0.05, 0.1) is 16.7 Å². The molecule has 0 saturated heterocycles. The maximum Gasteiger partial charge on any atom is 0.161 e. The Hall–Kier alpha value is -3.86. The molecule has 0 aliphatic heterocycles. The first-order valence-electron chi connectivity index (χ1n) is 9.14. The lowest BCUT2D eigenvalue weighted by molar-refractivity contribution is 0.294. The molecular formula is C23H18N4O. The number of ether oxygens (including phenoxy) is 1. The Bertz CT molecular complexity index is 1210. The zero-order valence-electron chi connectivity index (χ0n) is 15.1. The predicted octanol–water partition coefficient (Wildman–Crippen LogP) is 4.99. The highest BCUT2D eigenvalue weighted by molar-refractivity contribution is 5.78. The number of H-pyrrole nitrogens is 1. The largest absolute Gasteiger partial charge is 0.486 e. The van der Waals surface area contributed by atoms with Crippen LogP contribution >= 0.6 is 0 Å². The van der Waals surface area contributed by atoms with Gasteiger partial charge in [0, 0.05) is 6.07 Å². The molecule has 0 aliphatic rings. The molecule has 0 amide bonds. The van der Waals surface area contributed by atoms with Gasteiger partial charge in [-0.1, -0.05) is 60.7 Å². The number of aromatic amines is 1. The average molecular weight is 366 g/mol. The fourth-order valence-electron chi connectivity index (χ4n) is 3.28. The number of aromatic nitrogens is 4. The molecule has 2 aromatic heterocycles. The molecule has 0 spiro atoms. The van der Waals surface area contributed by atoms with Crippen molar-refractivity contribution in [2.24, 2.45) is 0 Å². The smallest absolute Gasteiger partial charge is 0.161 e. The van der Waals surface area contributed by atoms with E-state index in [1.165, 1.54) is 0 Å². The van der Waals surface area contributed by atoms with Gasteiger partial charge in [0.25, 0.3) is 0 Å². The molecule has 0 bridgehead atoms. The number of para-hydroxylation sites is 3. The molecule has 2 heterocycles. The van der Waals surface area contributed by atoms with E-state index in [9.17, 15) is 0 Å². The fraction of sp³-hybridized carbons (Fsp3) is 0.0435. The summed E-state index contributed by atoms with van der Waals surface area (Å²) in [6.45, 7) is 0.353. The highest BCUT2D eigenvalue weighted by Gasteiger charge is 2.15. The molecule has 136 valence electrons. The van der Waals surface area contributed by atoms with Crippen LogP contribution in [0.3, 0.4) is 0 Å². The maximum atomic E-state index is 5.95. The lowest BCUT2D eigenvalue weighted by Gasteiger charge is -2.08. The summed E-state index contributed by atoms with van der Waals surface area (Å²) in [6.07, 6.45) is 0. The van der Waals surface area contributed by atoms with Crippen LogP contribution in [0.25, 0.3) is 28.1 Å². The summed E-state index contributed by atoms with van der Waals surface area (Å²) < 4.78 is 8.00. The Morgan fingerprint density at radius 2 is 1.54 bits per heavy atom. The second-order valence-corrected chi connectivity index (χ2v) is 6.46. The van der Waals surface area contributed by atoms with Crippen molar-refractivity contribution in [2.45, 2.75) is 6.61 Å². The minimum Gasteiger partial charge on any atom is -0.486 e. The van der Waals surface area contributed by atoms with Crippen molar-refractivity contribution in [1.82, 2.24) is 19.7 Å². The summed E-state index contributed by atoms with van der Waals surface area (Å²) in [5, 5.41) is 7.68. The van der Waals surface area contributed by atoms with Crippen molar-refractivity contribution >= 4 is 11.0 Å². The van der Waals surface area contributed by atoms with E-state index < -0.39 is 0 Å². The molecule has 0 fully saturated rings. The number of imidazole rings is 1. The predicted molar refractivity (Wildman–Crippen MR) is 109 cm³/mol. The van der Waals surface area contributed by atoms with Crippen LogP contribution in [0.2, 0.25) is 0 Å². The minimum absolute atomic E-state index is 0.353. The van der Waals surface area contributed by atoms with Crippen LogP contribution in [0.4, 0.5) is 0 Å². The number of fused-ring (bicyclic) bond motifs is 1. The van der Waals surface area contributed by atoms with Crippen LogP contribution < -0.4 is 4.74 Å². The summed E-state index contributed by atoms with van der Waals surface area (Å²) in [5.74, 6) is 2.41. The first-order chi connectivity index (χ1) is 13.9. The molecule has 5 nitrogen and oxygen atoms in total. The summed E-state index contributed by atoms with van der Waals surface area (Å²) in [5.41, 5.74) is 3.97. The van der Waals surface area contributed by atoms with E-state index >= 15 is 0 Å². The molecule has 1 N–H and O–H groups in total. The maximum absolute atomic E-state index is 5.95.